The first-order valence-corrected chi connectivity index (χ1v) is 6.42. The second-order valence-corrected chi connectivity index (χ2v) is 5.70. The molecule has 17 heavy (non-hydrogen) atoms. The van der Waals surface area contributed by atoms with Gasteiger partial charge in [0.15, 0.2) is 0 Å². The number of nitrogens with zero attached hydrogens (tertiary/aromatic N) is 1. The van der Waals surface area contributed by atoms with Crippen LogP contribution >= 0.6 is 0 Å². The zero-order chi connectivity index (χ0) is 12.0. The van der Waals surface area contributed by atoms with E-state index >= 15 is 0 Å². The van der Waals surface area contributed by atoms with Gasteiger partial charge >= 0.3 is 0 Å². The monoisotopic (exact) mass is 226 g/mol. The Morgan fingerprint density at radius 1 is 1.47 bits per heavy atom. The van der Waals surface area contributed by atoms with Gasteiger partial charge in [0.2, 0.25) is 0 Å². The highest BCUT2D eigenvalue weighted by molar-refractivity contribution is 5.45. The highest BCUT2D eigenvalue weighted by Crippen LogP contribution is 2.45. The number of piperidine rings is 1. The lowest BCUT2D eigenvalue weighted by molar-refractivity contribution is 0.158. The van der Waals surface area contributed by atoms with Crippen molar-refractivity contribution < 1.29 is 0 Å². The summed E-state index contributed by atoms with van der Waals surface area (Å²) in [6.07, 6.45) is 2.28. The Morgan fingerprint density at radius 3 is 3.06 bits per heavy atom. The first-order chi connectivity index (χ1) is 8.15. The second kappa shape index (κ2) is 3.58. The molecule has 1 heterocycles. The van der Waals surface area contributed by atoms with Gasteiger partial charge in [-0.3, -0.25) is 0 Å². The molecule has 1 fully saturated rings. The molecule has 88 valence electrons. The molecular weight excluding hydrogens is 208 g/mol. The molecule has 2 heteroatoms. The zero-order valence-corrected chi connectivity index (χ0v) is 10.5. The van der Waals surface area contributed by atoms with Crippen LogP contribution in [0.15, 0.2) is 18.2 Å². The largest absolute Gasteiger partial charge is 0.313 e. The normalized spacial score (nSPS) is 34.9. The van der Waals surface area contributed by atoms with Gasteiger partial charge < -0.3 is 5.32 Å². The molecule has 1 aliphatic heterocycles. The van der Waals surface area contributed by atoms with Crippen LogP contribution in [0, 0.1) is 17.2 Å². The molecule has 1 aromatic rings. The van der Waals surface area contributed by atoms with Gasteiger partial charge in [-0.2, -0.15) is 5.26 Å². The van der Waals surface area contributed by atoms with E-state index in [2.05, 4.69) is 37.4 Å². The smallest absolute Gasteiger partial charge is 0.0991 e. The summed E-state index contributed by atoms with van der Waals surface area (Å²) in [5.74, 6) is 0.651. The lowest BCUT2D eigenvalue weighted by Gasteiger charge is -2.50. The Bertz CT molecular complexity index is 500. The third-order valence-electron chi connectivity index (χ3n) is 4.95. The molecule has 0 unspecified atom stereocenters. The average Bonchev–Trinajstić information content (AvgIpc) is 2.33. The summed E-state index contributed by atoms with van der Waals surface area (Å²) < 4.78 is 0. The van der Waals surface area contributed by atoms with E-state index in [0.29, 0.717) is 12.0 Å². The lowest BCUT2D eigenvalue weighted by Crippen LogP contribution is -2.56. The third-order valence-corrected chi connectivity index (χ3v) is 4.95. The van der Waals surface area contributed by atoms with E-state index < -0.39 is 0 Å². The molecule has 3 rings (SSSR count). The maximum absolute atomic E-state index is 9.05. The topological polar surface area (TPSA) is 35.8 Å². The number of nitriles is 1. The molecular formula is C15H18N2. The minimum absolute atomic E-state index is 0.246. The molecule has 2 bridgehead atoms. The highest BCUT2D eigenvalue weighted by Gasteiger charge is 2.45. The Kier molecular flexibility index (Phi) is 2.27. The maximum atomic E-state index is 9.05. The molecule has 0 saturated carbocycles. The minimum Gasteiger partial charge on any atom is -0.313 e. The van der Waals surface area contributed by atoms with Crippen LogP contribution in [0.3, 0.4) is 0 Å². The van der Waals surface area contributed by atoms with E-state index in [1.54, 1.807) is 0 Å². The van der Waals surface area contributed by atoms with Crippen LogP contribution in [0.25, 0.3) is 0 Å². The Hall–Kier alpha value is -1.33. The summed E-state index contributed by atoms with van der Waals surface area (Å²) >= 11 is 0. The summed E-state index contributed by atoms with van der Waals surface area (Å²) in [7, 11) is 0. The number of hydrogen-bond acceptors (Lipinski definition) is 2. The number of rotatable bonds is 0. The van der Waals surface area contributed by atoms with E-state index in [9.17, 15) is 0 Å². The molecule has 1 aromatic carbocycles. The van der Waals surface area contributed by atoms with Crippen LogP contribution in [-0.4, -0.2) is 12.6 Å². The van der Waals surface area contributed by atoms with Crippen molar-refractivity contribution in [2.24, 2.45) is 5.92 Å². The van der Waals surface area contributed by atoms with Crippen LogP contribution in [0.4, 0.5) is 0 Å². The lowest BCUT2D eigenvalue weighted by atomic mass is 9.59. The summed E-state index contributed by atoms with van der Waals surface area (Å²) in [4.78, 5) is 0. The average molecular weight is 226 g/mol. The predicted molar refractivity (Wildman–Crippen MR) is 67.8 cm³/mol. The Balaban J connectivity index is 2.18. The SMILES string of the molecule is C[C@@H]1[C@H]2Cc3ccc(C#N)cc3[C@]1(C)CCN2. The van der Waals surface area contributed by atoms with E-state index in [4.69, 9.17) is 5.26 Å². The van der Waals surface area contributed by atoms with E-state index in [1.165, 1.54) is 17.5 Å². The molecule has 0 amide bonds. The van der Waals surface area contributed by atoms with Crippen LogP contribution in [0.2, 0.25) is 0 Å². The van der Waals surface area contributed by atoms with Gasteiger partial charge in [-0.25, -0.2) is 0 Å². The molecule has 2 nitrogen and oxygen atoms in total. The fourth-order valence-electron chi connectivity index (χ4n) is 3.59. The molecule has 2 aliphatic rings. The standard InChI is InChI=1S/C15H18N2/c1-10-14-8-12-4-3-11(9-16)7-13(12)15(10,2)5-6-17-14/h3-4,7,10,14,17H,5-6,8H2,1-2H3/t10-,14-,15-/m1/s1. The van der Waals surface area contributed by atoms with E-state index in [0.717, 1.165) is 18.5 Å². The van der Waals surface area contributed by atoms with Crippen molar-refractivity contribution in [2.75, 3.05) is 6.54 Å². The number of benzene rings is 1. The predicted octanol–water partition coefficient (Wildman–Crippen LogP) is 2.37. The van der Waals surface area contributed by atoms with Crippen LogP contribution < -0.4 is 5.32 Å². The first kappa shape index (κ1) is 10.8. The van der Waals surface area contributed by atoms with Crippen molar-refractivity contribution in [1.29, 1.82) is 5.26 Å². The molecule has 0 spiro atoms. The highest BCUT2D eigenvalue weighted by atomic mass is 14.9. The molecule has 0 radical (unpaired) electrons. The molecule has 3 atom stereocenters. The Morgan fingerprint density at radius 2 is 2.29 bits per heavy atom. The van der Waals surface area contributed by atoms with E-state index in [1.807, 2.05) is 6.07 Å². The van der Waals surface area contributed by atoms with Gasteiger partial charge in [0.05, 0.1) is 11.6 Å². The summed E-state index contributed by atoms with van der Waals surface area (Å²) in [5.41, 5.74) is 3.90. The van der Waals surface area contributed by atoms with Crippen molar-refractivity contribution in [3.8, 4) is 6.07 Å². The minimum atomic E-state index is 0.246. The van der Waals surface area contributed by atoms with Crippen molar-refractivity contribution in [2.45, 2.75) is 38.1 Å². The fraction of sp³-hybridized carbons (Fsp3) is 0.533. The molecule has 1 saturated heterocycles. The van der Waals surface area contributed by atoms with Crippen LogP contribution in [0.1, 0.15) is 37.0 Å². The van der Waals surface area contributed by atoms with Crippen LogP contribution in [0.5, 0.6) is 0 Å². The van der Waals surface area contributed by atoms with Crippen molar-refractivity contribution in [3.63, 3.8) is 0 Å². The maximum Gasteiger partial charge on any atom is 0.0991 e. The number of hydrogen-bond donors (Lipinski definition) is 1. The van der Waals surface area contributed by atoms with Gasteiger partial charge in [0, 0.05) is 6.04 Å². The van der Waals surface area contributed by atoms with Crippen molar-refractivity contribution in [3.05, 3.63) is 34.9 Å². The van der Waals surface area contributed by atoms with Gasteiger partial charge in [-0.1, -0.05) is 19.9 Å². The molecule has 0 aromatic heterocycles. The van der Waals surface area contributed by atoms with Gasteiger partial charge in [0.25, 0.3) is 0 Å². The van der Waals surface area contributed by atoms with Gasteiger partial charge in [0.1, 0.15) is 0 Å². The van der Waals surface area contributed by atoms with Crippen LogP contribution in [-0.2, 0) is 11.8 Å². The first-order valence-electron chi connectivity index (χ1n) is 6.42. The fourth-order valence-corrected chi connectivity index (χ4v) is 3.59. The zero-order valence-electron chi connectivity index (χ0n) is 10.5. The number of fused-ring (bicyclic) bond motifs is 4. The second-order valence-electron chi connectivity index (χ2n) is 5.70. The van der Waals surface area contributed by atoms with Crippen molar-refractivity contribution >= 4 is 0 Å². The number of nitrogens with one attached hydrogen (secondary N) is 1. The molecule has 1 N–H and O–H groups in total. The van der Waals surface area contributed by atoms with Gasteiger partial charge in [-0.15, -0.1) is 0 Å². The van der Waals surface area contributed by atoms with Crippen molar-refractivity contribution in [1.82, 2.24) is 5.32 Å². The Labute approximate surface area is 103 Å². The summed E-state index contributed by atoms with van der Waals surface area (Å²) in [6.45, 7) is 5.81. The third kappa shape index (κ3) is 1.42. The summed E-state index contributed by atoms with van der Waals surface area (Å²) in [5, 5.41) is 12.7. The van der Waals surface area contributed by atoms with E-state index in [-0.39, 0.29) is 5.41 Å². The quantitative estimate of drug-likeness (QED) is 0.737. The summed E-state index contributed by atoms with van der Waals surface area (Å²) in [6, 6.07) is 9.09. The van der Waals surface area contributed by atoms with Gasteiger partial charge in [-0.05, 0) is 54.0 Å². The molecule has 1 aliphatic carbocycles.